The number of rotatable bonds is 4. The van der Waals surface area contributed by atoms with Crippen LogP contribution in [0.2, 0.25) is 0 Å². The lowest BCUT2D eigenvalue weighted by atomic mass is 10.5. The predicted octanol–water partition coefficient (Wildman–Crippen LogP) is 0.311. The number of ketones is 1. The number of aliphatic carboxylic acids is 1. The Kier molecular flexibility index (Phi) is 5.94. The highest BCUT2D eigenvalue weighted by atomic mass is 32.2. The summed E-state index contributed by atoms with van der Waals surface area (Å²) in [7, 11) is 3.52. The van der Waals surface area contributed by atoms with E-state index in [1.54, 1.807) is 19.0 Å². The standard InChI is InChI=1S/C8H14N2O3S/c1-6(11)5-14-8(10(2)3)9-4-7(12)13/h4-5H2,1-3H3,(H,12,13)/b9-8-. The summed E-state index contributed by atoms with van der Waals surface area (Å²) in [6, 6.07) is 0. The van der Waals surface area contributed by atoms with E-state index in [0.717, 1.165) is 0 Å². The smallest absolute Gasteiger partial charge is 0.325 e. The number of amidine groups is 1. The Labute approximate surface area is 87.2 Å². The Balaban J connectivity index is 4.21. The van der Waals surface area contributed by atoms with Crippen molar-refractivity contribution in [3.8, 4) is 0 Å². The molecule has 0 aromatic carbocycles. The average Bonchev–Trinajstić information content (AvgIpc) is 2.02. The minimum atomic E-state index is -0.979. The number of aliphatic imine (C=N–C) groups is 1. The number of carbonyl (C=O) groups is 2. The molecule has 0 bridgehead atoms. The minimum Gasteiger partial charge on any atom is -0.480 e. The number of carboxylic acids is 1. The quantitative estimate of drug-likeness (QED) is 0.543. The maximum atomic E-state index is 10.7. The molecule has 0 amide bonds. The molecule has 6 heteroatoms. The Bertz CT molecular complexity index is 251. The van der Waals surface area contributed by atoms with Crippen LogP contribution < -0.4 is 0 Å². The monoisotopic (exact) mass is 218 g/mol. The van der Waals surface area contributed by atoms with E-state index in [-0.39, 0.29) is 12.3 Å². The van der Waals surface area contributed by atoms with Crippen molar-refractivity contribution in [2.45, 2.75) is 6.92 Å². The molecule has 0 fully saturated rings. The molecule has 0 aliphatic heterocycles. The third-order valence-electron chi connectivity index (χ3n) is 1.14. The van der Waals surface area contributed by atoms with Crippen molar-refractivity contribution >= 4 is 28.7 Å². The van der Waals surface area contributed by atoms with Gasteiger partial charge in [0.05, 0.1) is 5.75 Å². The van der Waals surface area contributed by atoms with Gasteiger partial charge in [-0.15, -0.1) is 0 Å². The van der Waals surface area contributed by atoms with E-state index in [0.29, 0.717) is 10.9 Å². The molecule has 0 aromatic heterocycles. The van der Waals surface area contributed by atoms with Gasteiger partial charge in [0, 0.05) is 14.1 Å². The van der Waals surface area contributed by atoms with Crippen molar-refractivity contribution in [3.63, 3.8) is 0 Å². The first-order valence-corrected chi connectivity index (χ1v) is 4.98. The molecule has 0 aromatic rings. The highest BCUT2D eigenvalue weighted by molar-refractivity contribution is 8.14. The average molecular weight is 218 g/mol. The van der Waals surface area contributed by atoms with E-state index in [2.05, 4.69) is 4.99 Å². The van der Waals surface area contributed by atoms with E-state index in [1.807, 2.05) is 0 Å². The van der Waals surface area contributed by atoms with Gasteiger partial charge in [-0.2, -0.15) is 0 Å². The van der Waals surface area contributed by atoms with Crippen LogP contribution in [0.1, 0.15) is 6.92 Å². The molecule has 0 unspecified atom stereocenters. The fourth-order valence-electron chi connectivity index (χ4n) is 0.618. The van der Waals surface area contributed by atoms with Crippen molar-refractivity contribution < 1.29 is 14.7 Å². The van der Waals surface area contributed by atoms with E-state index in [1.165, 1.54) is 18.7 Å². The molecule has 0 saturated heterocycles. The first kappa shape index (κ1) is 13.0. The summed E-state index contributed by atoms with van der Waals surface area (Å²) < 4.78 is 0. The molecule has 0 rings (SSSR count). The second-order valence-electron chi connectivity index (χ2n) is 2.88. The second-order valence-corrected chi connectivity index (χ2v) is 3.82. The molecular weight excluding hydrogens is 204 g/mol. The summed E-state index contributed by atoms with van der Waals surface area (Å²) in [6.07, 6.45) is 0. The van der Waals surface area contributed by atoms with Gasteiger partial charge in [0.1, 0.15) is 12.3 Å². The van der Waals surface area contributed by atoms with Crippen molar-refractivity contribution in [1.29, 1.82) is 0 Å². The van der Waals surface area contributed by atoms with Crippen molar-refractivity contribution in [2.24, 2.45) is 4.99 Å². The minimum absolute atomic E-state index is 0.0416. The van der Waals surface area contributed by atoms with Gasteiger partial charge < -0.3 is 10.0 Å². The number of hydrogen-bond donors (Lipinski definition) is 1. The van der Waals surface area contributed by atoms with E-state index in [4.69, 9.17) is 5.11 Å². The molecule has 14 heavy (non-hydrogen) atoms. The zero-order chi connectivity index (χ0) is 11.1. The van der Waals surface area contributed by atoms with Crippen LogP contribution in [0.15, 0.2) is 4.99 Å². The first-order chi connectivity index (χ1) is 6.43. The number of nitrogens with zero attached hydrogens (tertiary/aromatic N) is 2. The lowest BCUT2D eigenvalue weighted by Gasteiger charge is -2.13. The van der Waals surface area contributed by atoms with Crippen LogP contribution in [0, 0.1) is 0 Å². The zero-order valence-electron chi connectivity index (χ0n) is 8.48. The Hall–Kier alpha value is -1.04. The Morgan fingerprint density at radius 3 is 2.36 bits per heavy atom. The first-order valence-electron chi connectivity index (χ1n) is 3.99. The Morgan fingerprint density at radius 2 is 2.00 bits per heavy atom. The van der Waals surface area contributed by atoms with Gasteiger partial charge in [-0.3, -0.25) is 14.6 Å². The molecule has 0 aliphatic rings. The van der Waals surface area contributed by atoms with Crippen molar-refractivity contribution in [3.05, 3.63) is 0 Å². The lowest BCUT2D eigenvalue weighted by molar-refractivity contribution is -0.135. The van der Waals surface area contributed by atoms with E-state index < -0.39 is 5.97 Å². The van der Waals surface area contributed by atoms with Crippen LogP contribution >= 0.6 is 11.8 Å². The summed E-state index contributed by atoms with van der Waals surface area (Å²) in [5.74, 6) is -0.621. The van der Waals surface area contributed by atoms with Crippen molar-refractivity contribution in [1.82, 2.24) is 4.90 Å². The molecule has 80 valence electrons. The predicted molar refractivity (Wildman–Crippen MR) is 56.8 cm³/mol. The second kappa shape index (κ2) is 6.42. The molecule has 0 atom stereocenters. The summed E-state index contributed by atoms with van der Waals surface area (Å²) in [4.78, 5) is 26.5. The fraction of sp³-hybridized carbons (Fsp3) is 0.625. The molecule has 0 saturated carbocycles. The van der Waals surface area contributed by atoms with E-state index >= 15 is 0 Å². The van der Waals surface area contributed by atoms with Gasteiger partial charge in [0.25, 0.3) is 0 Å². The zero-order valence-corrected chi connectivity index (χ0v) is 9.30. The molecule has 0 radical (unpaired) electrons. The van der Waals surface area contributed by atoms with Gasteiger partial charge >= 0.3 is 5.97 Å². The number of carbonyl (C=O) groups excluding carboxylic acids is 1. The van der Waals surface area contributed by atoms with Crippen molar-refractivity contribution in [2.75, 3.05) is 26.4 Å². The summed E-state index contributed by atoms with van der Waals surface area (Å²) >= 11 is 1.24. The fourth-order valence-corrected chi connectivity index (χ4v) is 1.36. The third-order valence-corrected chi connectivity index (χ3v) is 2.44. The molecular formula is C8H14N2O3S. The van der Waals surface area contributed by atoms with Gasteiger partial charge in [-0.05, 0) is 6.92 Å². The van der Waals surface area contributed by atoms with Crippen LogP contribution in [0.5, 0.6) is 0 Å². The number of hydrogen-bond acceptors (Lipinski definition) is 4. The van der Waals surface area contributed by atoms with Gasteiger partial charge in [-0.1, -0.05) is 11.8 Å². The summed E-state index contributed by atoms with van der Waals surface area (Å²) in [5, 5.41) is 8.98. The van der Waals surface area contributed by atoms with Gasteiger partial charge in [0.15, 0.2) is 5.17 Å². The van der Waals surface area contributed by atoms with E-state index in [9.17, 15) is 9.59 Å². The molecule has 0 aliphatic carbocycles. The summed E-state index contributed by atoms with van der Waals surface area (Å²) in [6.45, 7) is 1.22. The van der Waals surface area contributed by atoms with Crippen LogP contribution in [-0.4, -0.2) is 53.3 Å². The lowest BCUT2D eigenvalue weighted by Crippen LogP contribution is -2.21. The molecule has 1 N–H and O–H groups in total. The maximum Gasteiger partial charge on any atom is 0.325 e. The number of carboxylic acid groups (broad SMARTS) is 1. The van der Waals surface area contributed by atoms with Crippen LogP contribution in [0.3, 0.4) is 0 Å². The number of Topliss-reactive ketones (excluding diaryl/α,β-unsaturated/α-hetero) is 1. The van der Waals surface area contributed by atoms with Crippen LogP contribution in [0.25, 0.3) is 0 Å². The van der Waals surface area contributed by atoms with Crippen LogP contribution in [0.4, 0.5) is 0 Å². The maximum absolute atomic E-state index is 10.7. The SMILES string of the molecule is CC(=O)CS/C(=N\CC(=O)O)N(C)C. The highest BCUT2D eigenvalue weighted by Crippen LogP contribution is 2.06. The van der Waals surface area contributed by atoms with Crippen LogP contribution in [-0.2, 0) is 9.59 Å². The van der Waals surface area contributed by atoms with Gasteiger partial charge in [-0.25, -0.2) is 0 Å². The third kappa shape index (κ3) is 6.47. The Morgan fingerprint density at radius 1 is 1.43 bits per heavy atom. The molecule has 0 heterocycles. The largest absolute Gasteiger partial charge is 0.480 e. The summed E-state index contributed by atoms with van der Waals surface area (Å²) in [5.41, 5.74) is 0. The van der Waals surface area contributed by atoms with Gasteiger partial charge in [0.2, 0.25) is 0 Å². The highest BCUT2D eigenvalue weighted by Gasteiger charge is 2.05. The topological polar surface area (TPSA) is 70.0 Å². The normalized spacial score (nSPS) is 11.2. The molecule has 5 nitrogen and oxygen atoms in total. The molecule has 0 spiro atoms. The number of thioether (sulfide) groups is 1.